The standard InChI is InChI=1S/C68H96N4O9/c1-61(2)60(81-61)50(76)31-62(3)19-16-39-35-71-56-45(53-44-28-40(42-13-11-10-12-38(42)34-70-9)29-47(43(44)14-15-48(53)74)68(79)23-26-80-27-24-68)36-72(57(39)56)37-46-54-55(62)49(75)32-65(54,6)64(5)20-18-51-63(4,22-25-69-8)52(77)33-67(21-17-41(73)30-67)66(51,7)59(64)58(46)78/h28-29,35-36,38,41-42,46,50-51,53,58-60,69-71,73,76,78-79H,10-27,30-34,37H2,1-9H3. The van der Waals surface area contributed by atoms with Gasteiger partial charge >= 0.3 is 0 Å². The molecule has 0 amide bonds. The molecule has 5 saturated carbocycles. The van der Waals surface area contributed by atoms with Gasteiger partial charge in [0.2, 0.25) is 0 Å². The highest BCUT2D eigenvalue weighted by Gasteiger charge is 2.77. The number of Topliss-reactive ketones (excluding diaryl/α,β-unsaturated/α-hetero) is 3. The Morgan fingerprint density at radius 3 is 2.31 bits per heavy atom. The predicted molar refractivity (Wildman–Crippen MR) is 312 cm³/mol. The van der Waals surface area contributed by atoms with Gasteiger partial charge in [0.1, 0.15) is 17.7 Å². The minimum absolute atomic E-state index is 0.0557. The summed E-state index contributed by atoms with van der Waals surface area (Å²) in [4.78, 5) is 50.0. The molecular weight excluding hydrogens is 1020 g/mol. The van der Waals surface area contributed by atoms with E-state index in [0.717, 1.165) is 95.1 Å². The summed E-state index contributed by atoms with van der Waals surface area (Å²) in [6, 6.07) is 4.68. The van der Waals surface area contributed by atoms with E-state index < -0.39 is 73.8 Å². The molecule has 1 spiro atoms. The number of carbonyl (C=O) groups is 3. The van der Waals surface area contributed by atoms with Crippen molar-refractivity contribution in [3.8, 4) is 0 Å². The van der Waals surface area contributed by atoms with Gasteiger partial charge < -0.3 is 50.1 Å². The van der Waals surface area contributed by atoms with Crippen LogP contribution >= 0.6 is 0 Å². The van der Waals surface area contributed by atoms with E-state index in [-0.39, 0.29) is 41.2 Å². The number of ether oxygens (including phenoxy) is 2. The van der Waals surface area contributed by atoms with Crippen molar-refractivity contribution < 1.29 is 44.3 Å². The molecule has 16 unspecified atom stereocenters. The van der Waals surface area contributed by atoms with Crippen molar-refractivity contribution in [2.75, 3.05) is 40.4 Å². The number of aryl methyl sites for hydroxylation is 1. The zero-order valence-electron chi connectivity index (χ0n) is 50.3. The van der Waals surface area contributed by atoms with Crippen molar-refractivity contribution in [3.05, 3.63) is 69.1 Å². The highest BCUT2D eigenvalue weighted by Crippen LogP contribution is 2.80. The molecule has 442 valence electrons. The van der Waals surface area contributed by atoms with Crippen LogP contribution in [0.3, 0.4) is 0 Å². The number of H-pyrrole nitrogens is 1. The van der Waals surface area contributed by atoms with Crippen molar-refractivity contribution in [1.29, 1.82) is 0 Å². The van der Waals surface area contributed by atoms with Gasteiger partial charge in [-0.15, -0.1) is 0 Å². The summed E-state index contributed by atoms with van der Waals surface area (Å²) in [6.45, 7) is 18.5. The van der Waals surface area contributed by atoms with Gasteiger partial charge in [0.05, 0.1) is 46.5 Å². The van der Waals surface area contributed by atoms with Crippen LogP contribution in [-0.4, -0.2) is 118 Å². The lowest BCUT2D eigenvalue weighted by Crippen LogP contribution is -2.72. The van der Waals surface area contributed by atoms with Crippen molar-refractivity contribution in [2.24, 2.45) is 56.2 Å². The summed E-state index contributed by atoms with van der Waals surface area (Å²) in [5.74, 6) is -0.245. The highest BCUT2D eigenvalue weighted by atomic mass is 16.6. The molecule has 7 fully saturated rings. The van der Waals surface area contributed by atoms with Gasteiger partial charge in [0, 0.05) is 92.1 Å². The van der Waals surface area contributed by atoms with Crippen molar-refractivity contribution >= 4 is 28.4 Å². The summed E-state index contributed by atoms with van der Waals surface area (Å²) in [5.41, 5.74) is 4.68. The zero-order valence-corrected chi connectivity index (χ0v) is 50.3. The summed E-state index contributed by atoms with van der Waals surface area (Å²) in [5, 5.41) is 58.1. The third kappa shape index (κ3) is 8.12. The third-order valence-corrected chi connectivity index (χ3v) is 25.9. The number of carbonyl (C=O) groups excluding carboxylic acids is 3. The van der Waals surface area contributed by atoms with Crippen molar-refractivity contribution in [2.45, 2.75) is 224 Å². The van der Waals surface area contributed by atoms with Crippen molar-refractivity contribution in [1.82, 2.24) is 20.2 Å². The first kappa shape index (κ1) is 56.6. The minimum atomic E-state index is -1.07. The van der Waals surface area contributed by atoms with Gasteiger partial charge in [-0.2, -0.15) is 0 Å². The normalized spacial score (nSPS) is 41.9. The van der Waals surface area contributed by atoms with E-state index in [4.69, 9.17) is 9.47 Å². The number of hydrogen-bond donors (Lipinski definition) is 7. The fraction of sp³-hybridized carbons (Fsp3) is 0.750. The number of fused-ring (bicyclic) bond motifs is 6. The molecule has 81 heavy (non-hydrogen) atoms. The smallest absolute Gasteiger partial charge is 0.160 e. The molecule has 13 rings (SSSR count). The number of allylic oxidation sites excluding steroid dienone is 1. The van der Waals surface area contributed by atoms with Gasteiger partial charge in [-0.25, -0.2) is 0 Å². The van der Waals surface area contributed by atoms with Crippen molar-refractivity contribution in [3.63, 3.8) is 0 Å². The average Bonchev–Trinajstić information content (AvgIpc) is 1.84. The summed E-state index contributed by atoms with van der Waals surface area (Å²) < 4.78 is 14.4. The van der Waals surface area contributed by atoms with Crippen LogP contribution in [-0.2, 0) is 48.8 Å². The predicted octanol–water partition coefficient (Wildman–Crippen LogP) is 9.41. The average molecular weight is 1110 g/mol. The number of aromatic amines is 1. The molecule has 1 aromatic carbocycles. The Hall–Kier alpha value is -3.53. The maximum absolute atomic E-state index is 15.9. The first-order valence-electron chi connectivity index (χ1n) is 31.9. The van der Waals surface area contributed by atoms with E-state index in [9.17, 15) is 20.4 Å². The lowest BCUT2D eigenvalue weighted by Gasteiger charge is -2.74. The second kappa shape index (κ2) is 19.5. The van der Waals surface area contributed by atoms with Gasteiger partial charge in [-0.3, -0.25) is 14.4 Å². The molecule has 2 aromatic heterocycles. The minimum Gasteiger partial charge on any atom is -0.393 e. The fourth-order valence-electron chi connectivity index (χ4n) is 21.6. The monoisotopic (exact) mass is 1110 g/mol. The summed E-state index contributed by atoms with van der Waals surface area (Å²) >= 11 is 0. The maximum Gasteiger partial charge on any atom is 0.160 e. The number of aromatic nitrogens is 2. The number of nitrogens with one attached hydrogen (secondary N) is 3. The molecule has 3 aliphatic heterocycles. The number of ketones is 3. The van der Waals surface area contributed by atoms with Gasteiger partial charge in [-0.1, -0.05) is 59.6 Å². The molecular formula is C68H96N4O9. The molecule has 0 radical (unpaired) electrons. The number of nitrogens with zero attached hydrogens (tertiary/aromatic N) is 1. The molecule has 0 bridgehead atoms. The summed E-state index contributed by atoms with van der Waals surface area (Å²) in [6.07, 6.45) is 14.4. The molecule has 2 saturated heterocycles. The molecule has 16 atom stereocenters. The lowest BCUT2D eigenvalue weighted by molar-refractivity contribution is -0.262. The third-order valence-electron chi connectivity index (χ3n) is 25.9. The molecule has 13 nitrogen and oxygen atoms in total. The number of aliphatic hydroxyl groups excluding tert-OH is 3. The van der Waals surface area contributed by atoms with Gasteiger partial charge in [0.15, 0.2) is 5.78 Å². The number of benzene rings is 1. The zero-order chi connectivity index (χ0) is 57.2. The van der Waals surface area contributed by atoms with Crippen LogP contribution in [0.1, 0.15) is 203 Å². The van der Waals surface area contributed by atoms with Crippen LogP contribution in [0, 0.1) is 56.2 Å². The van der Waals surface area contributed by atoms with Gasteiger partial charge in [-0.05, 0) is 197 Å². The first-order chi connectivity index (χ1) is 38.4. The molecule has 5 heterocycles. The van der Waals surface area contributed by atoms with E-state index in [0.29, 0.717) is 109 Å². The van der Waals surface area contributed by atoms with Crippen LogP contribution in [0.25, 0.3) is 11.0 Å². The molecule has 7 N–H and O–H groups in total. The largest absolute Gasteiger partial charge is 0.393 e. The Bertz CT molecular complexity index is 3070. The van der Waals surface area contributed by atoms with E-state index >= 15 is 14.4 Å². The lowest BCUT2D eigenvalue weighted by atomic mass is 9.30. The fourth-order valence-corrected chi connectivity index (χ4v) is 21.6. The Morgan fingerprint density at radius 1 is 0.852 bits per heavy atom. The Balaban J connectivity index is 1.01. The first-order valence-corrected chi connectivity index (χ1v) is 31.9. The molecule has 13 heteroatoms. The SMILES string of the molecule is CNCCC1(C)C(=O)CC2(CCC(O)C2)C2(C)C1CCC1(C)C2C(O)C2Cn3cc(C4C(=O)CCc5c4cc(C4CCCCC4CNC)cc5C4(O)CCOCC4)c4[nH]cc(c43)CCC(C)(CC(O)C3OC3(C)C)C3=C2C1(C)CC3=O. The van der Waals surface area contributed by atoms with Crippen LogP contribution in [0.15, 0.2) is 35.7 Å². The second-order valence-corrected chi connectivity index (χ2v) is 30.3. The number of aliphatic hydroxyl groups is 4. The van der Waals surface area contributed by atoms with E-state index in [2.05, 4.69) is 79.3 Å². The van der Waals surface area contributed by atoms with E-state index in [1.54, 1.807) is 0 Å². The second-order valence-electron chi connectivity index (χ2n) is 30.3. The molecule has 3 aromatic rings. The Kier molecular flexibility index (Phi) is 13.6. The topological polar surface area (TPSA) is 199 Å². The molecule has 10 aliphatic rings. The Labute approximate surface area is 480 Å². The van der Waals surface area contributed by atoms with Crippen LogP contribution in [0.2, 0.25) is 0 Å². The van der Waals surface area contributed by atoms with E-state index in [1.165, 1.54) is 12.0 Å². The van der Waals surface area contributed by atoms with E-state index in [1.807, 2.05) is 27.9 Å². The maximum atomic E-state index is 15.9. The van der Waals surface area contributed by atoms with Crippen LogP contribution in [0.5, 0.6) is 0 Å². The number of epoxide rings is 1. The molecule has 7 aliphatic carbocycles. The number of rotatable bonds is 11. The summed E-state index contributed by atoms with van der Waals surface area (Å²) in [7, 11) is 3.99. The van der Waals surface area contributed by atoms with Crippen LogP contribution < -0.4 is 10.6 Å². The van der Waals surface area contributed by atoms with Gasteiger partial charge in [0.25, 0.3) is 0 Å². The Morgan fingerprint density at radius 2 is 1.60 bits per heavy atom. The number of hydrogen-bond acceptors (Lipinski definition) is 11. The quantitative estimate of drug-likeness (QED) is 0.0904. The van der Waals surface area contributed by atoms with Crippen LogP contribution in [0.4, 0.5) is 0 Å². The highest BCUT2D eigenvalue weighted by molar-refractivity contribution is 6.02.